The number of carbonyl (C=O) groups is 1. The summed E-state index contributed by atoms with van der Waals surface area (Å²) in [6, 6.07) is 0. The van der Waals surface area contributed by atoms with E-state index in [0.29, 0.717) is 28.9 Å². The summed E-state index contributed by atoms with van der Waals surface area (Å²) in [5.41, 5.74) is 2.29. The first kappa shape index (κ1) is 19.0. The second-order valence-electron chi connectivity index (χ2n) is 8.18. The Bertz CT molecular complexity index is 803. The summed E-state index contributed by atoms with van der Waals surface area (Å²) in [4.78, 5) is 14.6. The lowest BCUT2D eigenvalue weighted by atomic mass is 9.71. The van der Waals surface area contributed by atoms with Crippen LogP contribution in [0, 0.1) is 11.3 Å². The number of rotatable bonds is 4. The van der Waals surface area contributed by atoms with Crippen molar-refractivity contribution in [3.63, 3.8) is 0 Å². The number of aromatic nitrogens is 3. The molecular formula is C19H27ClN4O2. The molecule has 1 aliphatic rings. The third-order valence-electron chi connectivity index (χ3n) is 5.31. The Morgan fingerprint density at radius 2 is 2.19 bits per heavy atom. The van der Waals surface area contributed by atoms with Crippen LogP contribution in [0.5, 0.6) is 0 Å². The number of hydrogen-bond acceptors (Lipinski definition) is 4. The predicted molar refractivity (Wildman–Crippen MR) is 100 cm³/mol. The van der Waals surface area contributed by atoms with Crippen LogP contribution < -0.4 is 0 Å². The summed E-state index contributed by atoms with van der Waals surface area (Å²) in [5.74, 6) is 1.23. The van der Waals surface area contributed by atoms with E-state index in [1.54, 1.807) is 22.8 Å². The van der Waals surface area contributed by atoms with E-state index in [2.05, 4.69) is 31.0 Å². The minimum absolute atomic E-state index is 0.147. The molecule has 0 saturated carbocycles. The first-order valence-corrected chi connectivity index (χ1v) is 9.53. The SMILES string of the molecule is CCn1cc(Cl)c(CN(C)C(=O)c2noc3c2C[C@@H](C(C)(C)C)CC3)n1. The van der Waals surface area contributed by atoms with E-state index in [4.69, 9.17) is 16.1 Å². The fourth-order valence-electron chi connectivity index (χ4n) is 3.49. The van der Waals surface area contributed by atoms with E-state index in [0.717, 1.165) is 37.1 Å². The number of nitrogens with zero attached hydrogens (tertiary/aromatic N) is 4. The summed E-state index contributed by atoms with van der Waals surface area (Å²) in [5, 5.41) is 9.08. The molecule has 3 rings (SSSR count). The van der Waals surface area contributed by atoms with Gasteiger partial charge < -0.3 is 9.42 Å². The quantitative estimate of drug-likeness (QED) is 0.807. The van der Waals surface area contributed by atoms with Crippen LogP contribution in [0.2, 0.25) is 5.02 Å². The van der Waals surface area contributed by atoms with Gasteiger partial charge in [-0.1, -0.05) is 37.5 Å². The molecule has 0 aliphatic heterocycles. The van der Waals surface area contributed by atoms with Gasteiger partial charge in [-0.3, -0.25) is 9.48 Å². The second-order valence-corrected chi connectivity index (χ2v) is 8.59. The van der Waals surface area contributed by atoms with Gasteiger partial charge in [0, 0.05) is 31.8 Å². The number of fused-ring (bicyclic) bond motifs is 1. The fraction of sp³-hybridized carbons (Fsp3) is 0.632. The maximum atomic E-state index is 13.0. The Morgan fingerprint density at radius 3 is 2.81 bits per heavy atom. The van der Waals surface area contributed by atoms with Gasteiger partial charge in [0.1, 0.15) is 11.5 Å². The van der Waals surface area contributed by atoms with Gasteiger partial charge in [0.05, 0.1) is 11.6 Å². The minimum Gasteiger partial charge on any atom is -0.360 e. The van der Waals surface area contributed by atoms with Gasteiger partial charge in [-0.2, -0.15) is 5.10 Å². The van der Waals surface area contributed by atoms with Crippen molar-refractivity contribution in [3.8, 4) is 0 Å². The lowest BCUT2D eigenvalue weighted by Gasteiger charge is -2.33. The molecule has 0 bridgehead atoms. The molecule has 0 unspecified atom stereocenters. The summed E-state index contributed by atoms with van der Waals surface area (Å²) < 4.78 is 7.24. The van der Waals surface area contributed by atoms with Crippen molar-refractivity contribution in [3.05, 3.63) is 33.9 Å². The molecular weight excluding hydrogens is 352 g/mol. The Kier molecular flexibility index (Phi) is 5.15. The van der Waals surface area contributed by atoms with Crippen LogP contribution in [0.4, 0.5) is 0 Å². The van der Waals surface area contributed by atoms with Crippen LogP contribution in [-0.4, -0.2) is 32.8 Å². The zero-order chi connectivity index (χ0) is 19.1. The van der Waals surface area contributed by atoms with Crippen molar-refractivity contribution in [1.29, 1.82) is 0 Å². The Balaban J connectivity index is 1.78. The van der Waals surface area contributed by atoms with E-state index in [9.17, 15) is 4.79 Å². The molecule has 6 nitrogen and oxygen atoms in total. The van der Waals surface area contributed by atoms with Crippen molar-refractivity contribution >= 4 is 17.5 Å². The number of hydrogen-bond donors (Lipinski definition) is 0. The van der Waals surface area contributed by atoms with Gasteiger partial charge in [0.25, 0.3) is 5.91 Å². The zero-order valence-electron chi connectivity index (χ0n) is 16.2. The van der Waals surface area contributed by atoms with Gasteiger partial charge in [0.2, 0.25) is 0 Å². The normalized spacial score (nSPS) is 17.2. The maximum Gasteiger partial charge on any atom is 0.276 e. The van der Waals surface area contributed by atoms with Gasteiger partial charge >= 0.3 is 0 Å². The average Bonchev–Trinajstić information content (AvgIpc) is 3.16. The van der Waals surface area contributed by atoms with Crippen molar-refractivity contribution in [2.24, 2.45) is 11.3 Å². The predicted octanol–water partition coefficient (Wildman–Crippen LogP) is 3.97. The van der Waals surface area contributed by atoms with Crippen molar-refractivity contribution in [2.75, 3.05) is 7.05 Å². The molecule has 0 N–H and O–H groups in total. The third kappa shape index (κ3) is 3.65. The number of aryl methyl sites for hydroxylation is 2. The standard InChI is InChI=1S/C19H27ClN4O2/c1-6-24-10-14(20)15(21-24)11-23(5)18(25)17-13-9-12(19(2,3)4)7-8-16(13)26-22-17/h10,12H,6-9,11H2,1-5H3/t12-/m0/s1. The van der Waals surface area contributed by atoms with Crippen molar-refractivity contribution in [2.45, 2.75) is 60.0 Å². The summed E-state index contributed by atoms with van der Waals surface area (Å²) >= 11 is 6.23. The maximum absolute atomic E-state index is 13.0. The lowest BCUT2D eigenvalue weighted by molar-refractivity contribution is 0.0771. The fourth-order valence-corrected chi connectivity index (χ4v) is 3.70. The average molecular weight is 379 g/mol. The highest BCUT2D eigenvalue weighted by Gasteiger charge is 2.34. The van der Waals surface area contributed by atoms with E-state index in [1.165, 1.54) is 0 Å². The van der Waals surface area contributed by atoms with E-state index >= 15 is 0 Å². The largest absolute Gasteiger partial charge is 0.360 e. The first-order chi connectivity index (χ1) is 12.2. The Hall–Kier alpha value is -1.82. The molecule has 0 spiro atoms. The highest BCUT2D eigenvalue weighted by molar-refractivity contribution is 6.31. The third-order valence-corrected chi connectivity index (χ3v) is 5.63. The molecule has 1 atom stereocenters. The topological polar surface area (TPSA) is 64.2 Å². The van der Waals surface area contributed by atoms with Crippen LogP contribution >= 0.6 is 11.6 Å². The van der Waals surface area contributed by atoms with Crippen LogP contribution in [-0.2, 0) is 25.9 Å². The Morgan fingerprint density at radius 1 is 1.46 bits per heavy atom. The second kappa shape index (κ2) is 7.06. The summed E-state index contributed by atoms with van der Waals surface area (Å²) in [6.45, 7) is 9.81. The molecule has 7 heteroatoms. The molecule has 0 saturated heterocycles. The molecule has 142 valence electrons. The minimum atomic E-state index is -0.147. The van der Waals surface area contributed by atoms with Crippen LogP contribution in [0.15, 0.2) is 10.7 Å². The number of carbonyl (C=O) groups excluding carboxylic acids is 1. The monoisotopic (exact) mass is 378 g/mol. The molecule has 1 amide bonds. The molecule has 26 heavy (non-hydrogen) atoms. The lowest BCUT2D eigenvalue weighted by Crippen LogP contribution is -2.30. The van der Waals surface area contributed by atoms with Gasteiger partial charge in [-0.05, 0) is 31.1 Å². The highest BCUT2D eigenvalue weighted by Crippen LogP contribution is 2.38. The molecule has 1 aliphatic carbocycles. The molecule has 2 heterocycles. The molecule has 0 fully saturated rings. The van der Waals surface area contributed by atoms with Gasteiger partial charge in [-0.15, -0.1) is 0 Å². The van der Waals surface area contributed by atoms with Crippen molar-refractivity contribution < 1.29 is 9.32 Å². The van der Waals surface area contributed by atoms with Crippen LogP contribution in [0.3, 0.4) is 0 Å². The molecule has 0 radical (unpaired) electrons. The highest BCUT2D eigenvalue weighted by atomic mass is 35.5. The molecule has 0 aromatic carbocycles. The first-order valence-electron chi connectivity index (χ1n) is 9.15. The van der Waals surface area contributed by atoms with E-state index < -0.39 is 0 Å². The summed E-state index contributed by atoms with van der Waals surface area (Å²) in [7, 11) is 1.74. The van der Waals surface area contributed by atoms with Crippen LogP contribution in [0.1, 0.15) is 61.6 Å². The number of amides is 1. The zero-order valence-corrected chi connectivity index (χ0v) is 16.9. The van der Waals surface area contributed by atoms with Gasteiger partial charge in [0.15, 0.2) is 5.69 Å². The molecule has 2 aromatic heterocycles. The van der Waals surface area contributed by atoms with Crippen LogP contribution in [0.25, 0.3) is 0 Å². The van der Waals surface area contributed by atoms with E-state index in [-0.39, 0.29) is 11.3 Å². The smallest absolute Gasteiger partial charge is 0.276 e. The Labute approximate surface area is 159 Å². The van der Waals surface area contributed by atoms with Crippen molar-refractivity contribution in [1.82, 2.24) is 19.8 Å². The van der Waals surface area contributed by atoms with E-state index in [1.807, 2.05) is 6.92 Å². The summed E-state index contributed by atoms with van der Waals surface area (Å²) in [6.07, 6.45) is 4.52. The molecule has 2 aromatic rings. The van der Waals surface area contributed by atoms with Gasteiger partial charge in [-0.25, -0.2) is 0 Å². The number of halogens is 1.